The topological polar surface area (TPSA) is 65.6 Å². The van der Waals surface area contributed by atoms with Crippen LogP contribution in [0, 0.1) is 0 Å². The third-order valence-electron chi connectivity index (χ3n) is 4.03. The Kier molecular flexibility index (Phi) is 4.32. The molecule has 1 aromatic heterocycles. The number of ether oxygens (including phenoxy) is 1. The zero-order valence-corrected chi connectivity index (χ0v) is 13.0. The summed E-state index contributed by atoms with van der Waals surface area (Å²) in [5, 5.41) is 0. The van der Waals surface area contributed by atoms with Gasteiger partial charge in [0.05, 0.1) is 7.11 Å². The summed E-state index contributed by atoms with van der Waals surface area (Å²) in [4.78, 5) is 30.6. The summed E-state index contributed by atoms with van der Waals surface area (Å²) >= 11 is 0. The molecule has 6 heteroatoms. The predicted octanol–water partition coefficient (Wildman–Crippen LogP) is 1.35. The number of aromatic nitrogens is 1. The molecule has 1 aliphatic heterocycles. The van der Waals surface area contributed by atoms with Crippen LogP contribution in [0.25, 0.3) is 0 Å². The van der Waals surface area contributed by atoms with Crippen LogP contribution in [0.1, 0.15) is 10.4 Å². The molecule has 0 saturated carbocycles. The summed E-state index contributed by atoms with van der Waals surface area (Å²) in [5.74, 6) is 0.606. The molecule has 1 amide bonds. The molecule has 0 unspecified atom stereocenters. The van der Waals surface area contributed by atoms with Crippen molar-refractivity contribution in [1.82, 2.24) is 9.88 Å². The number of H-pyrrole nitrogens is 1. The van der Waals surface area contributed by atoms with Crippen molar-refractivity contribution in [3.63, 3.8) is 0 Å². The monoisotopic (exact) mass is 313 g/mol. The van der Waals surface area contributed by atoms with Crippen LogP contribution >= 0.6 is 0 Å². The van der Waals surface area contributed by atoms with Crippen LogP contribution in [0.4, 0.5) is 5.69 Å². The van der Waals surface area contributed by atoms with Gasteiger partial charge in [-0.2, -0.15) is 0 Å². The minimum absolute atomic E-state index is 0.197. The van der Waals surface area contributed by atoms with Gasteiger partial charge in [-0.15, -0.1) is 0 Å². The summed E-state index contributed by atoms with van der Waals surface area (Å²) in [6, 6.07) is 11.1. The van der Waals surface area contributed by atoms with Gasteiger partial charge in [0.15, 0.2) is 0 Å². The van der Waals surface area contributed by atoms with E-state index in [2.05, 4.69) is 9.88 Å². The lowest BCUT2D eigenvalue weighted by Crippen LogP contribution is -2.49. The maximum absolute atomic E-state index is 12.4. The quantitative estimate of drug-likeness (QED) is 0.929. The number of pyridine rings is 1. The SMILES string of the molecule is COc1cccc(N2CCN(C(=O)c3ccc[nH]c3=O)CC2)c1. The maximum Gasteiger partial charge on any atom is 0.260 e. The number of piperazine rings is 1. The molecular formula is C17H19N3O3. The average molecular weight is 313 g/mol. The molecule has 0 atom stereocenters. The van der Waals surface area contributed by atoms with Crippen molar-refractivity contribution < 1.29 is 9.53 Å². The highest BCUT2D eigenvalue weighted by Crippen LogP contribution is 2.22. The second kappa shape index (κ2) is 6.56. The first-order valence-corrected chi connectivity index (χ1v) is 7.55. The van der Waals surface area contributed by atoms with Crippen molar-refractivity contribution in [3.8, 4) is 5.75 Å². The minimum Gasteiger partial charge on any atom is -0.497 e. The fraction of sp³-hybridized carbons (Fsp3) is 0.294. The van der Waals surface area contributed by atoms with Gasteiger partial charge in [-0.3, -0.25) is 9.59 Å². The van der Waals surface area contributed by atoms with Crippen molar-refractivity contribution in [2.45, 2.75) is 0 Å². The molecule has 0 radical (unpaired) electrons. The highest BCUT2D eigenvalue weighted by atomic mass is 16.5. The van der Waals surface area contributed by atoms with Crippen molar-refractivity contribution in [2.75, 3.05) is 38.2 Å². The van der Waals surface area contributed by atoms with Gasteiger partial charge in [-0.25, -0.2) is 0 Å². The van der Waals surface area contributed by atoms with Crippen LogP contribution in [0.3, 0.4) is 0 Å². The number of amides is 1. The maximum atomic E-state index is 12.4. The van der Waals surface area contributed by atoms with E-state index in [0.717, 1.165) is 24.5 Å². The highest BCUT2D eigenvalue weighted by Gasteiger charge is 2.23. The summed E-state index contributed by atoms with van der Waals surface area (Å²) in [7, 11) is 1.65. The van der Waals surface area contributed by atoms with Crippen LogP contribution in [-0.4, -0.2) is 49.1 Å². The Morgan fingerprint density at radius 3 is 2.61 bits per heavy atom. The first kappa shape index (κ1) is 15.1. The number of hydrogen-bond donors (Lipinski definition) is 1. The lowest BCUT2D eigenvalue weighted by Gasteiger charge is -2.36. The molecule has 0 aliphatic carbocycles. The molecule has 1 aliphatic rings. The van der Waals surface area contributed by atoms with Crippen molar-refractivity contribution in [2.24, 2.45) is 0 Å². The fourth-order valence-corrected chi connectivity index (χ4v) is 2.74. The van der Waals surface area contributed by atoms with E-state index >= 15 is 0 Å². The third kappa shape index (κ3) is 3.21. The van der Waals surface area contributed by atoms with Gasteiger partial charge >= 0.3 is 0 Å². The van der Waals surface area contributed by atoms with E-state index in [1.54, 1.807) is 24.1 Å². The van der Waals surface area contributed by atoms with Crippen LogP contribution in [0.5, 0.6) is 5.75 Å². The Bertz CT molecular complexity index is 748. The number of nitrogens with one attached hydrogen (secondary N) is 1. The van der Waals surface area contributed by atoms with Gasteiger partial charge in [0, 0.05) is 44.1 Å². The van der Waals surface area contributed by atoms with E-state index in [4.69, 9.17) is 4.74 Å². The fourth-order valence-electron chi connectivity index (χ4n) is 2.74. The minimum atomic E-state index is -0.340. The molecule has 0 bridgehead atoms. The van der Waals surface area contributed by atoms with E-state index in [1.807, 2.05) is 24.3 Å². The van der Waals surface area contributed by atoms with Gasteiger partial charge in [-0.05, 0) is 24.3 Å². The number of carbonyl (C=O) groups excluding carboxylic acids is 1. The molecule has 6 nitrogen and oxygen atoms in total. The number of carbonyl (C=O) groups is 1. The second-order valence-electron chi connectivity index (χ2n) is 5.39. The summed E-state index contributed by atoms with van der Waals surface area (Å²) < 4.78 is 5.25. The number of nitrogens with zero attached hydrogens (tertiary/aromatic N) is 2. The summed E-state index contributed by atoms with van der Waals surface area (Å²) in [6.07, 6.45) is 1.53. The Morgan fingerprint density at radius 2 is 1.91 bits per heavy atom. The molecule has 23 heavy (non-hydrogen) atoms. The highest BCUT2D eigenvalue weighted by molar-refractivity contribution is 5.94. The van der Waals surface area contributed by atoms with Crippen LogP contribution in [-0.2, 0) is 0 Å². The van der Waals surface area contributed by atoms with Crippen molar-refractivity contribution >= 4 is 11.6 Å². The lowest BCUT2D eigenvalue weighted by atomic mass is 10.2. The zero-order valence-electron chi connectivity index (χ0n) is 13.0. The Morgan fingerprint density at radius 1 is 1.13 bits per heavy atom. The van der Waals surface area contributed by atoms with Gasteiger partial charge < -0.3 is 19.5 Å². The number of benzene rings is 1. The molecule has 1 aromatic carbocycles. The molecular weight excluding hydrogens is 294 g/mol. The number of hydrogen-bond acceptors (Lipinski definition) is 4. The smallest absolute Gasteiger partial charge is 0.260 e. The number of methoxy groups -OCH3 is 1. The molecule has 1 fully saturated rings. The van der Waals surface area contributed by atoms with Gasteiger partial charge in [0.25, 0.3) is 11.5 Å². The number of rotatable bonds is 3. The molecule has 2 aromatic rings. The molecule has 1 N–H and O–H groups in total. The van der Waals surface area contributed by atoms with E-state index < -0.39 is 0 Å². The normalized spacial score (nSPS) is 14.7. The van der Waals surface area contributed by atoms with E-state index in [9.17, 15) is 9.59 Å². The average Bonchev–Trinajstić information content (AvgIpc) is 2.62. The largest absolute Gasteiger partial charge is 0.497 e. The number of anilines is 1. The van der Waals surface area contributed by atoms with Crippen LogP contribution < -0.4 is 15.2 Å². The summed E-state index contributed by atoms with van der Waals surface area (Å²) in [6.45, 7) is 2.63. The van der Waals surface area contributed by atoms with Crippen LogP contribution in [0.2, 0.25) is 0 Å². The Labute approximate surface area is 134 Å². The lowest BCUT2D eigenvalue weighted by molar-refractivity contribution is 0.0745. The van der Waals surface area contributed by atoms with E-state index in [0.29, 0.717) is 13.1 Å². The molecule has 120 valence electrons. The Balaban J connectivity index is 1.67. The number of aromatic amines is 1. The summed E-state index contributed by atoms with van der Waals surface area (Å²) in [5.41, 5.74) is 0.934. The van der Waals surface area contributed by atoms with Gasteiger partial charge in [0.1, 0.15) is 11.3 Å². The predicted molar refractivity (Wildman–Crippen MR) is 88.2 cm³/mol. The van der Waals surface area contributed by atoms with E-state index in [-0.39, 0.29) is 17.0 Å². The molecule has 0 spiro atoms. The van der Waals surface area contributed by atoms with Crippen molar-refractivity contribution in [1.29, 1.82) is 0 Å². The van der Waals surface area contributed by atoms with Crippen molar-refractivity contribution in [3.05, 3.63) is 58.5 Å². The molecule has 3 rings (SSSR count). The second-order valence-corrected chi connectivity index (χ2v) is 5.39. The molecule has 1 saturated heterocycles. The van der Waals surface area contributed by atoms with E-state index in [1.165, 1.54) is 6.20 Å². The van der Waals surface area contributed by atoms with Gasteiger partial charge in [0.2, 0.25) is 0 Å². The van der Waals surface area contributed by atoms with Gasteiger partial charge in [-0.1, -0.05) is 6.07 Å². The van der Waals surface area contributed by atoms with Crippen LogP contribution in [0.15, 0.2) is 47.4 Å². The Hall–Kier alpha value is -2.76. The first-order valence-electron chi connectivity index (χ1n) is 7.55. The zero-order chi connectivity index (χ0) is 16.2. The first-order chi connectivity index (χ1) is 11.2. The molecule has 2 heterocycles. The standard InChI is InChI=1S/C17H19N3O3/c1-23-14-5-2-4-13(12-14)19-8-10-20(11-9-19)17(22)15-6-3-7-18-16(15)21/h2-7,12H,8-11H2,1H3,(H,18,21). The third-order valence-corrected chi connectivity index (χ3v) is 4.03.